The summed E-state index contributed by atoms with van der Waals surface area (Å²) in [7, 11) is 0. The Morgan fingerprint density at radius 2 is 2.05 bits per heavy atom. The maximum Gasteiger partial charge on any atom is 0.276 e. The molecular formula is C16H14ClN3O2. The molecule has 1 atom stereocenters. The summed E-state index contributed by atoms with van der Waals surface area (Å²) in [6.07, 6.45) is 4.63. The van der Waals surface area contributed by atoms with Crippen LogP contribution in [0.2, 0.25) is 5.02 Å². The summed E-state index contributed by atoms with van der Waals surface area (Å²) in [5.41, 5.74) is 2.90. The van der Waals surface area contributed by atoms with E-state index in [2.05, 4.69) is 10.4 Å². The third kappa shape index (κ3) is 2.45. The van der Waals surface area contributed by atoms with Gasteiger partial charge in [-0.2, -0.15) is 0 Å². The van der Waals surface area contributed by atoms with Crippen LogP contribution in [0.4, 0.5) is 0 Å². The number of carbonyl (C=O) groups excluding carboxylic acids is 1. The Balaban J connectivity index is 2.01. The van der Waals surface area contributed by atoms with Crippen molar-refractivity contribution in [2.24, 2.45) is 0 Å². The zero-order valence-electron chi connectivity index (χ0n) is 11.8. The second kappa shape index (κ2) is 5.44. The van der Waals surface area contributed by atoms with Crippen LogP contribution in [0.1, 0.15) is 22.8 Å². The van der Waals surface area contributed by atoms with Crippen LogP contribution < -0.4 is 5.43 Å². The van der Waals surface area contributed by atoms with Gasteiger partial charge < -0.3 is 5.11 Å². The average Bonchev–Trinajstić information content (AvgIpc) is 2.84. The van der Waals surface area contributed by atoms with E-state index in [-0.39, 0.29) is 5.91 Å². The molecule has 2 N–H and O–H groups in total. The quantitative estimate of drug-likeness (QED) is 0.893. The van der Waals surface area contributed by atoms with Crippen LogP contribution in [0.15, 0.2) is 60.6 Å². The topological polar surface area (TPSA) is 65.5 Å². The summed E-state index contributed by atoms with van der Waals surface area (Å²) >= 11 is 5.89. The number of amides is 1. The molecule has 6 heteroatoms. The van der Waals surface area contributed by atoms with Gasteiger partial charge >= 0.3 is 0 Å². The number of nitrogens with one attached hydrogen (secondary N) is 1. The van der Waals surface area contributed by atoms with Gasteiger partial charge in [-0.05, 0) is 37.3 Å². The van der Waals surface area contributed by atoms with Crippen LogP contribution in [0.25, 0.3) is 0 Å². The zero-order valence-corrected chi connectivity index (χ0v) is 12.6. The number of carbonyl (C=O) groups is 1. The second-order valence-corrected chi connectivity index (χ2v) is 5.49. The molecule has 2 heterocycles. The van der Waals surface area contributed by atoms with E-state index >= 15 is 0 Å². The molecule has 0 saturated carbocycles. The first kappa shape index (κ1) is 14.6. The van der Waals surface area contributed by atoms with Gasteiger partial charge in [-0.25, -0.2) is 5.01 Å². The van der Waals surface area contributed by atoms with Crippen LogP contribution in [0, 0.1) is 0 Å². The molecule has 0 saturated heterocycles. The lowest BCUT2D eigenvalue weighted by Crippen LogP contribution is -2.50. The molecule has 1 aromatic heterocycles. The molecule has 0 spiro atoms. The van der Waals surface area contributed by atoms with Gasteiger partial charge in [0.2, 0.25) is 5.72 Å². The SMILES string of the molecule is CC1=C[C@](O)(c2ccc(Cl)cc2)N(C(=O)c2cccnc2)N1. The number of pyridine rings is 1. The summed E-state index contributed by atoms with van der Waals surface area (Å²) in [6.45, 7) is 1.78. The normalized spacial score (nSPS) is 20.5. The first-order chi connectivity index (χ1) is 10.5. The van der Waals surface area contributed by atoms with Gasteiger partial charge in [0.05, 0.1) is 5.56 Å². The molecule has 1 amide bonds. The van der Waals surface area contributed by atoms with Gasteiger partial charge in [0, 0.05) is 28.7 Å². The van der Waals surface area contributed by atoms with Crippen molar-refractivity contribution < 1.29 is 9.90 Å². The van der Waals surface area contributed by atoms with E-state index in [9.17, 15) is 9.90 Å². The van der Waals surface area contributed by atoms with Crippen molar-refractivity contribution in [3.63, 3.8) is 0 Å². The summed E-state index contributed by atoms with van der Waals surface area (Å²) in [5.74, 6) is -0.376. The number of nitrogens with zero attached hydrogens (tertiary/aromatic N) is 2. The number of allylic oxidation sites excluding steroid dienone is 1. The lowest BCUT2D eigenvalue weighted by molar-refractivity contribution is -0.0603. The van der Waals surface area contributed by atoms with Crippen molar-refractivity contribution in [3.8, 4) is 0 Å². The van der Waals surface area contributed by atoms with Crippen molar-refractivity contribution in [1.29, 1.82) is 0 Å². The fourth-order valence-electron chi connectivity index (χ4n) is 2.39. The minimum absolute atomic E-state index is 0.376. The minimum atomic E-state index is -1.58. The molecule has 112 valence electrons. The van der Waals surface area contributed by atoms with Gasteiger partial charge in [0.25, 0.3) is 5.91 Å². The average molecular weight is 316 g/mol. The molecule has 0 aliphatic carbocycles. The predicted molar refractivity (Wildman–Crippen MR) is 82.6 cm³/mol. The largest absolute Gasteiger partial charge is 0.362 e. The van der Waals surface area contributed by atoms with Gasteiger partial charge in [0.15, 0.2) is 0 Å². The van der Waals surface area contributed by atoms with E-state index in [1.807, 2.05) is 0 Å². The molecule has 1 aliphatic heterocycles. The van der Waals surface area contributed by atoms with Crippen molar-refractivity contribution in [3.05, 3.63) is 76.7 Å². The maximum atomic E-state index is 12.7. The number of aromatic nitrogens is 1. The highest BCUT2D eigenvalue weighted by Gasteiger charge is 2.42. The first-order valence-corrected chi connectivity index (χ1v) is 7.07. The Kier molecular flexibility index (Phi) is 3.60. The first-order valence-electron chi connectivity index (χ1n) is 6.70. The van der Waals surface area contributed by atoms with Crippen molar-refractivity contribution in [2.75, 3.05) is 0 Å². The van der Waals surface area contributed by atoms with Gasteiger partial charge in [-0.15, -0.1) is 0 Å². The van der Waals surface area contributed by atoms with E-state index in [4.69, 9.17) is 11.6 Å². The van der Waals surface area contributed by atoms with Crippen LogP contribution in [-0.2, 0) is 5.72 Å². The second-order valence-electron chi connectivity index (χ2n) is 5.05. The molecule has 0 bridgehead atoms. The van der Waals surface area contributed by atoms with Gasteiger partial charge in [-0.1, -0.05) is 23.7 Å². The predicted octanol–water partition coefficient (Wildman–Crippen LogP) is 2.44. The standard InChI is InChI=1S/C16H14ClN3O2/c1-11-9-16(22,13-4-6-14(17)7-5-13)20(19-11)15(21)12-3-2-8-18-10-12/h2-10,19,22H,1H3/t16-/m0/s1. The molecule has 3 rings (SSSR count). The monoisotopic (exact) mass is 315 g/mol. The summed E-state index contributed by atoms with van der Waals surface area (Å²) in [4.78, 5) is 16.6. The van der Waals surface area contributed by atoms with E-state index in [0.29, 0.717) is 21.8 Å². The number of halogens is 1. The zero-order chi connectivity index (χ0) is 15.7. The van der Waals surface area contributed by atoms with E-state index in [0.717, 1.165) is 0 Å². The highest BCUT2D eigenvalue weighted by molar-refractivity contribution is 6.30. The molecule has 22 heavy (non-hydrogen) atoms. The highest BCUT2D eigenvalue weighted by Crippen LogP contribution is 2.33. The summed E-state index contributed by atoms with van der Waals surface area (Å²) in [5, 5.41) is 12.8. The Hall–Kier alpha value is -2.37. The molecule has 0 unspecified atom stereocenters. The lowest BCUT2D eigenvalue weighted by atomic mass is 10.0. The van der Waals surface area contributed by atoms with Crippen molar-refractivity contribution in [1.82, 2.24) is 15.4 Å². The van der Waals surface area contributed by atoms with Crippen LogP contribution in [0.3, 0.4) is 0 Å². The van der Waals surface area contributed by atoms with E-state index in [1.54, 1.807) is 55.6 Å². The number of rotatable bonds is 2. The fourth-order valence-corrected chi connectivity index (χ4v) is 2.52. The third-order valence-corrected chi connectivity index (χ3v) is 3.68. The summed E-state index contributed by atoms with van der Waals surface area (Å²) in [6, 6.07) is 10.0. The van der Waals surface area contributed by atoms with Gasteiger partial charge in [0.1, 0.15) is 0 Å². The van der Waals surface area contributed by atoms with E-state index < -0.39 is 5.72 Å². The molecule has 0 fully saturated rings. The Morgan fingerprint density at radius 3 is 2.68 bits per heavy atom. The van der Waals surface area contributed by atoms with Crippen LogP contribution in [-0.4, -0.2) is 21.0 Å². The molecular weight excluding hydrogens is 302 g/mol. The van der Waals surface area contributed by atoms with E-state index in [1.165, 1.54) is 11.2 Å². The number of aliphatic hydroxyl groups is 1. The number of hydrogen-bond donors (Lipinski definition) is 2. The van der Waals surface area contributed by atoms with Crippen LogP contribution in [0.5, 0.6) is 0 Å². The molecule has 0 radical (unpaired) electrons. The Bertz CT molecular complexity index is 731. The molecule has 1 aromatic carbocycles. The molecule has 1 aliphatic rings. The highest BCUT2D eigenvalue weighted by atomic mass is 35.5. The van der Waals surface area contributed by atoms with Crippen LogP contribution >= 0.6 is 11.6 Å². The Labute approximate surface area is 132 Å². The minimum Gasteiger partial charge on any atom is -0.362 e. The lowest BCUT2D eigenvalue weighted by Gasteiger charge is -2.32. The summed E-state index contributed by atoms with van der Waals surface area (Å²) < 4.78 is 0. The Morgan fingerprint density at radius 1 is 1.32 bits per heavy atom. The van der Waals surface area contributed by atoms with Crippen molar-refractivity contribution >= 4 is 17.5 Å². The smallest absolute Gasteiger partial charge is 0.276 e. The third-order valence-electron chi connectivity index (χ3n) is 3.43. The number of hydrazine groups is 1. The number of hydrogen-bond acceptors (Lipinski definition) is 4. The maximum absolute atomic E-state index is 12.7. The van der Waals surface area contributed by atoms with Crippen molar-refractivity contribution in [2.45, 2.75) is 12.6 Å². The fraction of sp³-hybridized carbons (Fsp3) is 0.125. The van der Waals surface area contributed by atoms with Gasteiger partial charge in [-0.3, -0.25) is 15.2 Å². The molecule has 2 aromatic rings. The number of benzene rings is 1. The molecule has 5 nitrogen and oxygen atoms in total.